The van der Waals surface area contributed by atoms with Crippen LogP contribution in [0.25, 0.3) is 11.2 Å². The Kier molecular flexibility index (Phi) is 6.11. The number of anilines is 5. The zero-order valence-electron chi connectivity index (χ0n) is 29.2. The largest absolute Gasteiger partial charge is 0.342 e. The molecule has 5 aromatic carbocycles. The summed E-state index contributed by atoms with van der Waals surface area (Å²) in [6.45, 7) is 19.0. The van der Waals surface area contributed by atoms with Gasteiger partial charge in [-0.05, 0) is 110 Å². The Labute approximate surface area is 290 Å². The predicted octanol–water partition coefficient (Wildman–Crippen LogP) is 10.1. The van der Waals surface area contributed by atoms with Crippen molar-refractivity contribution in [3.8, 4) is 0 Å². The molecule has 0 saturated carbocycles. The molecule has 4 aliphatic rings. The van der Waals surface area contributed by atoms with Gasteiger partial charge in [0.15, 0.2) is 0 Å². The van der Waals surface area contributed by atoms with Gasteiger partial charge in [0.1, 0.15) is 5.66 Å². The van der Waals surface area contributed by atoms with Crippen molar-refractivity contribution in [2.45, 2.75) is 81.8 Å². The highest BCUT2D eigenvalue weighted by Gasteiger charge is 2.55. The minimum Gasteiger partial charge on any atom is -0.342 e. The fourth-order valence-electron chi connectivity index (χ4n) is 9.07. The first-order chi connectivity index (χ1) is 22.9. The molecule has 5 heteroatoms. The zero-order chi connectivity index (χ0) is 33.3. The van der Waals surface area contributed by atoms with Crippen LogP contribution in [0.5, 0.6) is 0 Å². The van der Waals surface area contributed by atoms with E-state index in [9.17, 15) is 0 Å². The summed E-state index contributed by atoms with van der Waals surface area (Å²) in [7, 11) is 0. The molecule has 0 aliphatic carbocycles. The second-order valence-electron chi connectivity index (χ2n) is 16.2. The van der Waals surface area contributed by atoms with Crippen molar-refractivity contribution >= 4 is 69.0 Å². The fraction of sp³-hybridized carbons (Fsp3) is 0.256. The molecule has 4 aliphatic heterocycles. The second-order valence-corrected chi connectivity index (χ2v) is 17.3. The molecule has 0 unspecified atom stereocenters. The first-order valence-electron chi connectivity index (χ1n) is 17.3. The van der Waals surface area contributed by atoms with E-state index in [1.807, 2.05) is 11.8 Å². The molecule has 4 heterocycles. The third kappa shape index (κ3) is 3.97. The maximum absolute atomic E-state index is 2.69. The highest BCUT2D eigenvalue weighted by Crippen LogP contribution is 2.58. The van der Waals surface area contributed by atoms with Crippen LogP contribution in [-0.4, -0.2) is 17.9 Å². The summed E-state index contributed by atoms with van der Waals surface area (Å²) in [6.07, 6.45) is 0. The zero-order valence-corrected chi connectivity index (χ0v) is 30.0. The summed E-state index contributed by atoms with van der Waals surface area (Å²) in [5.74, 6) is 0. The van der Waals surface area contributed by atoms with Crippen LogP contribution in [0.2, 0.25) is 0 Å². The SMILES string of the molecule is CC(C)(C)c1cc2c3c(c1)N1c4c(cccc4N(C(C)(C)C)C1(C)C)B3C1=C(c3ccccc3Sc3ccccc31)N2c1ccccc1. The van der Waals surface area contributed by atoms with Crippen molar-refractivity contribution in [3.05, 3.63) is 126 Å². The van der Waals surface area contributed by atoms with Crippen LogP contribution in [0.1, 0.15) is 72.1 Å². The van der Waals surface area contributed by atoms with Gasteiger partial charge in [-0.25, -0.2) is 0 Å². The molecular formula is C43H42BN3S. The number of hydrogen-bond acceptors (Lipinski definition) is 4. The van der Waals surface area contributed by atoms with Gasteiger partial charge in [0.05, 0.1) is 17.1 Å². The molecule has 238 valence electrons. The summed E-state index contributed by atoms with van der Waals surface area (Å²) < 4.78 is 0. The summed E-state index contributed by atoms with van der Waals surface area (Å²) in [4.78, 5) is 10.5. The van der Waals surface area contributed by atoms with E-state index in [-0.39, 0.29) is 23.3 Å². The lowest BCUT2D eigenvalue weighted by molar-refractivity contribution is 0.380. The number of benzene rings is 5. The molecule has 0 fully saturated rings. The van der Waals surface area contributed by atoms with E-state index in [4.69, 9.17) is 0 Å². The second kappa shape index (κ2) is 9.86. The van der Waals surface area contributed by atoms with Crippen molar-refractivity contribution < 1.29 is 0 Å². The molecule has 0 N–H and O–H groups in total. The first kappa shape index (κ1) is 29.8. The predicted molar refractivity (Wildman–Crippen MR) is 207 cm³/mol. The third-order valence-electron chi connectivity index (χ3n) is 10.7. The normalized spacial score (nSPS) is 17.0. The number of para-hydroxylation sites is 2. The van der Waals surface area contributed by atoms with Crippen molar-refractivity contribution in [2.24, 2.45) is 0 Å². The Balaban J connectivity index is 1.50. The van der Waals surface area contributed by atoms with E-state index < -0.39 is 0 Å². The first-order valence-corrected chi connectivity index (χ1v) is 18.1. The van der Waals surface area contributed by atoms with Crippen LogP contribution >= 0.6 is 11.8 Å². The highest BCUT2D eigenvalue weighted by molar-refractivity contribution is 7.99. The van der Waals surface area contributed by atoms with Gasteiger partial charge < -0.3 is 14.7 Å². The number of fused-ring (bicyclic) bond motifs is 7. The van der Waals surface area contributed by atoms with Crippen LogP contribution in [0.15, 0.2) is 119 Å². The Morgan fingerprint density at radius 1 is 0.646 bits per heavy atom. The Bertz CT molecular complexity index is 2190. The average Bonchev–Trinajstić information content (AvgIpc) is 3.20. The van der Waals surface area contributed by atoms with Crippen molar-refractivity contribution in [1.82, 2.24) is 0 Å². The molecule has 0 radical (unpaired) electrons. The average molecular weight is 644 g/mol. The van der Waals surface area contributed by atoms with Crippen molar-refractivity contribution in [1.29, 1.82) is 0 Å². The van der Waals surface area contributed by atoms with E-state index in [1.54, 1.807) is 0 Å². The summed E-state index contributed by atoms with van der Waals surface area (Å²) in [6, 6.07) is 41.3. The van der Waals surface area contributed by atoms with Crippen molar-refractivity contribution in [2.75, 3.05) is 14.7 Å². The fourth-order valence-corrected chi connectivity index (χ4v) is 10.2. The minimum absolute atomic E-state index is 0.0464. The van der Waals surface area contributed by atoms with Gasteiger partial charge >= 0.3 is 0 Å². The Morgan fingerprint density at radius 3 is 1.96 bits per heavy atom. The van der Waals surface area contributed by atoms with E-state index >= 15 is 0 Å². The monoisotopic (exact) mass is 643 g/mol. The summed E-state index contributed by atoms with van der Waals surface area (Å²) >= 11 is 1.90. The topological polar surface area (TPSA) is 9.72 Å². The molecule has 0 atom stereocenters. The van der Waals surface area contributed by atoms with E-state index in [2.05, 4.69) is 179 Å². The molecule has 0 amide bonds. The van der Waals surface area contributed by atoms with Crippen LogP contribution in [-0.2, 0) is 5.41 Å². The van der Waals surface area contributed by atoms with Gasteiger partial charge in [0, 0.05) is 38.0 Å². The van der Waals surface area contributed by atoms with Gasteiger partial charge in [-0.3, -0.25) is 0 Å². The third-order valence-corrected chi connectivity index (χ3v) is 11.8. The minimum atomic E-state index is -0.290. The lowest BCUT2D eigenvalue weighted by Gasteiger charge is -2.50. The standard InChI is InChI=1S/C43H42BN3S/c1-41(2,3)27-25-33-38-34(26-27)46-40-31(21-16-22-32(40)47(42(4,5)6)43(46,7)8)44(38)37-29-19-12-14-23-35(29)48-36-24-15-13-20-30(36)39(37)45(33)28-17-10-9-11-18-28/h9-26H,1-8H3. The Hall–Kier alpha value is -4.35. The quantitative estimate of drug-likeness (QED) is 0.168. The summed E-state index contributed by atoms with van der Waals surface area (Å²) in [5, 5.41) is 0. The molecule has 48 heavy (non-hydrogen) atoms. The van der Waals surface area contributed by atoms with E-state index in [0.29, 0.717) is 0 Å². The molecule has 9 rings (SSSR count). The van der Waals surface area contributed by atoms with Crippen LogP contribution < -0.4 is 25.6 Å². The Morgan fingerprint density at radius 2 is 1.27 bits per heavy atom. The van der Waals surface area contributed by atoms with Gasteiger partial charge in [-0.1, -0.05) is 99.3 Å². The molecule has 0 spiro atoms. The smallest absolute Gasteiger partial charge is 0.253 e. The van der Waals surface area contributed by atoms with Crippen LogP contribution in [0.4, 0.5) is 28.4 Å². The molecule has 0 aromatic heterocycles. The number of nitrogens with zero attached hydrogens (tertiary/aromatic N) is 3. The molecule has 3 nitrogen and oxygen atoms in total. The van der Waals surface area contributed by atoms with Crippen molar-refractivity contribution in [3.63, 3.8) is 0 Å². The van der Waals surface area contributed by atoms with Gasteiger partial charge in [-0.15, -0.1) is 0 Å². The van der Waals surface area contributed by atoms with Crippen LogP contribution in [0.3, 0.4) is 0 Å². The molecule has 5 aromatic rings. The van der Waals surface area contributed by atoms with Gasteiger partial charge in [0.25, 0.3) is 6.71 Å². The maximum Gasteiger partial charge on any atom is 0.253 e. The molecule has 0 bridgehead atoms. The van der Waals surface area contributed by atoms with Gasteiger partial charge in [-0.2, -0.15) is 0 Å². The maximum atomic E-state index is 2.69. The van der Waals surface area contributed by atoms with Crippen LogP contribution in [0, 0.1) is 0 Å². The summed E-state index contributed by atoms with van der Waals surface area (Å²) in [5.41, 5.74) is 15.5. The lowest BCUT2D eigenvalue weighted by Crippen LogP contribution is -2.62. The number of rotatable bonds is 1. The molecule has 0 saturated heterocycles. The van der Waals surface area contributed by atoms with E-state index in [0.717, 1.165) is 0 Å². The highest BCUT2D eigenvalue weighted by atomic mass is 32.2. The number of hydrogen-bond donors (Lipinski definition) is 0. The van der Waals surface area contributed by atoms with E-state index in [1.165, 1.54) is 77.0 Å². The molecular weight excluding hydrogens is 601 g/mol. The van der Waals surface area contributed by atoms with Gasteiger partial charge in [0.2, 0.25) is 0 Å². The lowest BCUT2D eigenvalue weighted by atomic mass is 9.31.